The van der Waals surface area contributed by atoms with E-state index >= 15 is 0 Å². The van der Waals surface area contributed by atoms with Crippen molar-refractivity contribution in [3.63, 3.8) is 0 Å². The highest BCUT2D eigenvalue weighted by Gasteiger charge is 2.26. The van der Waals surface area contributed by atoms with Gasteiger partial charge in [-0.1, -0.05) is 5.16 Å². The summed E-state index contributed by atoms with van der Waals surface area (Å²) < 4.78 is 10.9. The maximum atomic E-state index is 12.5. The molecular weight excluding hydrogens is 296 g/mol. The third-order valence-electron chi connectivity index (χ3n) is 4.08. The van der Waals surface area contributed by atoms with Gasteiger partial charge in [-0.25, -0.2) is 0 Å². The van der Waals surface area contributed by atoms with E-state index in [4.69, 9.17) is 9.26 Å². The number of ether oxygens (including phenoxy) is 1. The van der Waals surface area contributed by atoms with Gasteiger partial charge in [0, 0.05) is 24.4 Å². The van der Waals surface area contributed by atoms with Gasteiger partial charge in [0.25, 0.3) is 0 Å². The second-order valence-corrected chi connectivity index (χ2v) is 5.76. The molecule has 0 bridgehead atoms. The van der Waals surface area contributed by atoms with Crippen LogP contribution in [0, 0.1) is 13.8 Å². The first-order valence-corrected chi connectivity index (χ1v) is 7.77. The minimum absolute atomic E-state index is 0.0472. The zero-order chi connectivity index (χ0) is 16.2. The Morgan fingerprint density at radius 2 is 2.35 bits per heavy atom. The van der Waals surface area contributed by atoms with Crippen LogP contribution in [-0.2, 0) is 11.2 Å². The summed E-state index contributed by atoms with van der Waals surface area (Å²) in [6, 6.07) is 3.56. The summed E-state index contributed by atoms with van der Waals surface area (Å²) in [5.41, 5.74) is 1.66. The van der Waals surface area contributed by atoms with E-state index < -0.39 is 0 Å². The molecule has 23 heavy (non-hydrogen) atoms. The summed E-state index contributed by atoms with van der Waals surface area (Å²) in [7, 11) is 0. The van der Waals surface area contributed by atoms with Crippen LogP contribution in [0.25, 0.3) is 0 Å². The van der Waals surface area contributed by atoms with E-state index in [0.29, 0.717) is 24.6 Å². The summed E-state index contributed by atoms with van der Waals surface area (Å²) in [5, 5.41) is 11.6. The molecule has 0 N–H and O–H groups in total. The predicted molar refractivity (Wildman–Crippen MR) is 81.9 cm³/mol. The fourth-order valence-electron chi connectivity index (χ4n) is 2.80. The molecule has 3 heterocycles. The van der Waals surface area contributed by atoms with E-state index in [9.17, 15) is 4.79 Å². The number of aromatic nitrogens is 3. The van der Waals surface area contributed by atoms with E-state index in [2.05, 4.69) is 15.4 Å². The highest BCUT2D eigenvalue weighted by atomic mass is 16.5. The van der Waals surface area contributed by atoms with Gasteiger partial charge in [0.15, 0.2) is 0 Å². The lowest BCUT2D eigenvalue weighted by atomic mass is 10.1. The van der Waals surface area contributed by atoms with Crippen LogP contribution >= 0.6 is 0 Å². The van der Waals surface area contributed by atoms with Crippen molar-refractivity contribution in [3.8, 4) is 5.88 Å². The number of likely N-dealkylation sites (tertiary alicyclic amines) is 1. The van der Waals surface area contributed by atoms with Gasteiger partial charge in [-0.2, -0.15) is 5.10 Å². The summed E-state index contributed by atoms with van der Waals surface area (Å²) in [4.78, 5) is 14.4. The average molecular weight is 316 g/mol. The first kappa shape index (κ1) is 15.5. The molecule has 7 heteroatoms. The molecule has 0 aliphatic carbocycles. The van der Waals surface area contributed by atoms with E-state index in [1.165, 1.54) is 0 Å². The number of hydrogen-bond acceptors (Lipinski definition) is 6. The lowest BCUT2D eigenvalue weighted by Gasteiger charge is -2.32. The summed E-state index contributed by atoms with van der Waals surface area (Å²) in [6.45, 7) is 5.01. The second kappa shape index (κ2) is 6.76. The van der Waals surface area contributed by atoms with Crippen molar-refractivity contribution in [1.29, 1.82) is 0 Å². The van der Waals surface area contributed by atoms with Crippen molar-refractivity contribution < 1.29 is 14.1 Å². The highest BCUT2D eigenvalue weighted by Crippen LogP contribution is 2.19. The first-order valence-electron chi connectivity index (χ1n) is 7.77. The number of amides is 1. The molecule has 0 unspecified atom stereocenters. The summed E-state index contributed by atoms with van der Waals surface area (Å²) >= 11 is 0. The number of nitrogens with zero attached hydrogens (tertiary/aromatic N) is 4. The van der Waals surface area contributed by atoms with Gasteiger partial charge < -0.3 is 14.2 Å². The molecule has 0 radical (unpaired) electrons. The minimum Gasteiger partial charge on any atom is -0.471 e. The fourth-order valence-corrected chi connectivity index (χ4v) is 2.80. The number of carbonyl (C=O) groups excluding carboxylic acids is 1. The SMILES string of the molecule is Cc1noc(C)c1CC(=O)N1CCC[C@H](Oc2cccnn2)C1. The Morgan fingerprint density at radius 1 is 1.48 bits per heavy atom. The van der Waals surface area contributed by atoms with Crippen LogP contribution in [0.4, 0.5) is 0 Å². The molecule has 7 nitrogen and oxygen atoms in total. The van der Waals surface area contributed by atoms with Crippen molar-refractivity contribution in [2.24, 2.45) is 0 Å². The average Bonchev–Trinajstić information content (AvgIpc) is 2.88. The van der Waals surface area contributed by atoms with Crippen LogP contribution in [0.3, 0.4) is 0 Å². The van der Waals surface area contributed by atoms with Gasteiger partial charge in [0.2, 0.25) is 11.8 Å². The van der Waals surface area contributed by atoms with E-state index in [-0.39, 0.29) is 12.0 Å². The Hall–Kier alpha value is -2.44. The van der Waals surface area contributed by atoms with Crippen LogP contribution in [0.2, 0.25) is 0 Å². The van der Waals surface area contributed by atoms with Crippen LogP contribution in [0.5, 0.6) is 5.88 Å². The molecule has 1 aliphatic heterocycles. The predicted octanol–water partition coefficient (Wildman–Crippen LogP) is 1.69. The van der Waals surface area contributed by atoms with Crippen molar-refractivity contribution in [3.05, 3.63) is 35.3 Å². The zero-order valence-electron chi connectivity index (χ0n) is 13.4. The molecule has 0 aromatic carbocycles. The number of piperidine rings is 1. The Balaban J connectivity index is 1.61. The lowest BCUT2D eigenvalue weighted by Crippen LogP contribution is -2.45. The van der Waals surface area contributed by atoms with Crippen molar-refractivity contribution in [1.82, 2.24) is 20.3 Å². The molecule has 2 aromatic heterocycles. The number of aryl methyl sites for hydroxylation is 2. The molecular formula is C16H20N4O3. The maximum absolute atomic E-state index is 12.5. The van der Waals surface area contributed by atoms with Gasteiger partial charge in [0.05, 0.1) is 18.7 Å². The lowest BCUT2D eigenvalue weighted by molar-refractivity contribution is -0.133. The summed E-state index contributed by atoms with van der Waals surface area (Å²) in [6.07, 6.45) is 3.70. The van der Waals surface area contributed by atoms with E-state index in [1.807, 2.05) is 18.7 Å². The van der Waals surface area contributed by atoms with Crippen LogP contribution in [0.15, 0.2) is 22.9 Å². The number of rotatable bonds is 4. The van der Waals surface area contributed by atoms with Crippen LogP contribution in [-0.4, -0.2) is 45.4 Å². The third kappa shape index (κ3) is 3.67. The molecule has 0 saturated carbocycles. The third-order valence-corrected chi connectivity index (χ3v) is 4.08. The smallest absolute Gasteiger partial charge is 0.233 e. The first-order chi connectivity index (χ1) is 11.1. The zero-order valence-corrected chi connectivity index (χ0v) is 13.4. The normalized spacial score (nSPS) is 18.0. The standard InChI is InChI=1S/C16H20N4O3/c1-11-14(12(2)23-19-11)9-16(21)20-8-4-5-13(10-20)22-15-6-3-7-17-18-15/h3,6-7,13H,4-5,8-10H2,1-2H3/t13-/m0/s1. The van der Waals surface area contributed by atoms with Gasteiger partial charge in [-0.05, 0) is 32.8 Å². The van der Waals surface area contributed by atoms with Gasteiger partial charge in [-0.3, -0.25) is 4.79 Å². The second-order valence-electron chi connectivity index (χ2n) is 5.76. The van der Waals surface area contributed by atoms with Crippen LogP contribution in [0.1, 0.15) is 29.9 Å². The molecule has 122 valence electrons. The van der Waals surface area contributed by atoms with Crippen molar-refractivity contribution in [2.45, 2.75) is 39.2 Å². The Kier molecular flexibility index (Phi) is 4.55. The number of hydrogen-bond donors (Lipinski definition) is 0. The molecule has 1 saturated heterocycles. The molecule has 1 amide bonds. The highest BCUT2D eigenvalue weighted by molar-refractivity contribution is 5.79. The van der Waals surface area contributed by atoms with E-state index in [0.717, 1.165) is 30.6 Å². The monoisotopic (exact) mass is 316 g/mol. The summed E-state index contributed by atoms with van der Waals surface area (Å²) in [5.74, 6) is 1.28. The molecule has 1 atom stereocenters. The largest absolute Gasteiger partial charge is 0.471 e. The topological polar surface area (TPSA) is 81.4 Å². The quantitative estimate of drug-likeness (QED) is 0.854. The Labute approximate surface area is 134 Å². The molecule has 3 rings (SSSR count). The van der Waals surface area contributed by atoms with Crippen LogP contribution < -0.4 is 4.74 Å². The van der Waals surface area contributed by atoms with E-state index in [1.54, 1.807) is 18.3 Å². The Morgan fingerprint density at radius 3 is 3.04 bits per heavy atom. The van der Waals surface area contributed by atoms with Gasteiger partial charge >= 0.3 is 0 Å². The molecule has 0 spiro atoms. The molecule has 1 aliphatic rings. The Bertz CT molecular complexity index is 652. The minimum atomic E-state index is -0.0472. The van der Waals surface area contributed by atoms with Crippen molar-refractivity contribution >= 4 is 5.91 Å². The number of carbonyl (C=O) groups is 1. The van der Waals surface area contributed by atoms with Gasteiger partial charge in [0.1, 0.15) is 11.9 Å². The van der Waals surface area contributed by atoms with Crippen molar-refractivity contribution in [2.75, 3.05) is 13.1 Å². The molecule has 2 aromatic rings. The molecule has 1 fully saturated rings. The van der Waals surface area contributed by atoms with Gasteiger partial charge in [-0.15, -0.1) is 5.10 Å². The fraction of sp³-hybridized carbons (Fsp3) is 0.500. The maximum Gasteiger partial charge on any atom is 0.233 e.